The first-order chi connectivity index (χ1) is 20.3. The molecule has 1 unspecified atom stereocenters. The number of pyridine rings is 1. The fourth-order valence-corrected chi connectivity index (χ4v) is 4.17. The van der Waals surface area contributed by atoms with Gasteiger partial charge in [0.2, 0.25) is 17.6 Å². The number of carbonyl (C=O) groups excluding carboxylic acids is 5. The number of rotatable bonds is 15. The van der Waals surface area contributed by atoms with E-state index in [9.17, 15) is 24.0 Å². The van der Waals surface area contributed by atoms with Crippen LogP contribution in [0.1, 0.15) is 54.6 Å². The van der Waals surface area contributed by atoms with Crippen LogP contribution in [0.2, 0.25) is 0 Å². The Kier molecular flexibility index (Phi) is 12.4. The molecule has 1 aromatic heterocycles. The third-order valence-corrected chi connectivity index (χ3v) is 6.60. The second-order valence-electron chi connectivity index (χ2n) is 9.92. The maximum Gasteiger partial charge on any atom is 0.289 e. The van der Waals surface area contributed by atoms with Gasteiger partial charge in [-0.1, -0.05) is 68.3 Å². The van der Waals surface area contributed by atoms with Crippen LogP contribution < -0.4 is 21.3 Å². The van der Waals surface area contributed by atoms with E-state index in [-0.39, 0.29) is 19.4 Å². The van der Waals surface area contributed by atoms with Crippen molar-refractivity contribution in [2.75, 3.05) is 0 Å². The summed E-state index contributed by atoms with van der Waals surface area (Å²) < 4.78 is 0. The number of benzene rings is 2. The normalized spacial score (nSPS) is 12.7. The molecular weight excluding hydrogens is 534 g/mol. The van der Waals surface area contributed by atoms with E-state index in [0.29, 0.717) is 12.0 Å². The smallest absolute Gasteiger partial charge is 0.289 e. The molecule has 3 atom stereocenters. The number of carbonyl (C=O) groups is 5. The molecule has 3 aromatic rings. The molecule has 220 valence electrons. The number of aromatic nitrogens is 1. The third-order valence-electron chi connectivity index (χ3n) is 6.60. The van der Waals surface area contributed by atoms with Crippen LogP contribution in [0.15, 0.2) is 85.2 Å². The molecule has 10 heteroatoms. The van der Waals surface area contributed by atoms with Crippen LogP contribution in [0.3, 0.4) is 0 Å². The first kappa shape index (κ1) is 31.7. The van der Waals surface area contributed by atoms with E-state index in [4.69, 9.17) is 0 Å². The van der Waals surface area contributed by atoms with E-state index in [1.807, 2.05) is 37.3 Å². The van der Waals surface area contributed by atoms with Gasteiger partial charge in [-0.2, -0.15) is 0 Å². The van der Waals surface area contributed by atoms with Crippen LogP contribution in [-0.2, 0) is 32.1 Å². The summed E-state index contributed by atoms with van der Waals surface area (Å²) in [7, 11) is 0. The summed E-state index contributed by atoms with van der Waals surface area (Å²) in [5.74, 6) is -3.17. The van der Waals surface area contributed by atoms with Gasteiger partial charge in [0, 0.05) is 30.9 Å². The fraction of sp³-hybridized carbons (Fsp3) is 0.312. The largest absolute Gasteiger partial charge is 0.345 e. The van der Waals surface area contributed by atoms with Gasteiger partial charge in [0.1, 0.15) is 12.1 Å². The number of nitrogens with zero attached hydrogens (tertiary/aromatic N) is 1. The minimum absolute atomic E-state index is 0.144. The van der Waals surface area contributed by atoms with E-state index >= 15 is 0 Å². The van der Waals surface area contributed by atoms with Gasteiger partial charge >= 0.3 is 0 Å². The summed E-state index contributed by atoms with van der Waals surface area (Å²) in [5.41, 5.74) is 2.00. The van der Waals surface area contributed by atoms with Crippen molar-refractivity contribution in [2.24, 2.45) is 0 Å². The summed E-state index contributed by atoms with van der Waals surface area (Å²) in [5, 5.41) is 10.6. The lowest BCUT2D eigenvalue weighted by molar-refractivity contribution is -0.140. The SMILES string of the molecule is CCCCC(NC(=O)[C@H](C)NC(=O)[C@H](Cc1ccccc1)NC(=O)c1ccccc1)C(=O)C(=O)NCc1ccncc1. The highest BCUT2D eigenvalue weighted by atomic mass is 16.2. The molecule has 4 N–H and O–H groups in total. The van der Waals surface area contributed by atoms with Gasteiger partial charge in [0.25, 0.3) is 11.8 Å². The molecule has 4 amide bonds. The summed E-state index contributed by atoms with van der Waals surface area (Å²) in [6.45, 7) is 3.56. The topological polar surface area (TPSA) is 146 Å². The summed E-state index contributed by atoms with van der Waals surface area (Å²) in [4.78, 5) is 68.7. The van der Waals surface area contributed by atoms with Crippen LogP contribution in [0.25, 0.3) is 0 Å². The van der Waals surface area contributed by atoms with Crippen LogP contribution in [0.5, 0.6) is 0 Å². The van der Waals surface area contributed by atoms with E-state index in [2.05, 4.69) is 26.3 Å². The lowest BCUT2D eigenvalue weighted by Gasteiger charge is -2.23. The minimum Gasteiger partial charge on any atom is -0.345 e. The van der Waals surface area contributed by atoms with Gasteiger partial charge in [-0.15, -0.1) is 0 Å². The maximum absolute atomic E-state index is 13.3. The second kappa shape index (κ2) is 16.4. The average molecular weight is 572 g/mol. The molecule has 0 bridgehead atoms. The number of ketones is 1. The maximum atomic E-state index is 13.3. The molecule has 1 heterocycles. The van der Waals surface area contributed by atoms with Crippen molar-refractivity contribution in [3.8, 4) is 0 Å². The Morgan fingerprint density at radius 1 is 0.738 bits per heavy atom. The molecule has 0 aliphatic rings. The third kappa shape index (κ3) is 9.96. The van der Waals surface area contributed by atoms with Crippen molar-refractivity contribution in [1.29, 1.82) is 0 Å². The number of Topliss-reactive ketones (excluding diaryl/α,β-unsaturated/α-hetero) is 1. The van der Waals surface area contributed by atoms with Gasteiger partial charge in [-0.3, -0.25) is 29.0 Å². The van der Waals surface area contributed by atoms with Crippen molar-refractivity contribution >= 4 is 29.4 Å². The molecule has 0 fully saturated rings. The van der Waals surface area contributed by atoms with Crippen LogP contribution >= 0.6 is 0 Å². The Bertz CT molecular complexity index is 1340. The Balaban J connectivity index is 1.64. The monoisotopic (exact) mass is 571 g/mol. The Morgan fingerprint density at radius 2 is 1.38 bits per heavy atom. The van der Waals surface area contributed by atoms with Crippen molar-refractivity contribution < 1.29 is 24.0 Å². The zero-order valence-corrected chi connectivity index (χ0v) is 23.8. The fourth-order valence-electron chi connectivity index (χ4n) is 4.17. The van der Waals surface area contributed by atoms with Gasteiger partial charge < -0.3 is 21.3 Å². The molecule has 42 heavy (non-hydrogen) atoms. The number of unbranched alkanes of at least 4 members (excludes halogenated alkanes) is 1. The minimum atomic E-state index is -1.05. The zero-order chi connectivity index (χ0) is 30.3. The highest BCUT2D eigenvalue weighted by Gasteiger charge is 2.30. The standard InChI is InChI=1S/C32H37N5O5/c1-3-4-15-26(28(38)32(42)34-21-24-16-18-33-19-17-24)36-29(39)22(2)35-31(41)27(20-23-11-7-5-8-12-23)37-30(40)25-13-9-6-10-14-25/h5-14,16-19,22,26-27H,3-4,15,20-21H2,1-2H3,(H,34,42)(H,35,41)(H,36,39)(H,37,40)/t22-,26?,27-/m0/s1. The molecule has 0 spiro atoms. The number of nitrogens with one attached hydrogen (secondary N) is 4. The molecule has 0 saturated carbocycles. The Hall–Kier alpha value is -4.86. The van der Waals surface area contributed by atoms with Crippen LogP contribution in [-0.4, -0.2) is 52.5 Å². The van der Waals surface area contributed by atoms with Crippen LogP contribution in [0.4, 0.5) is 0 Å². The van der Waals surface area contributed by atoms with Gasteiger partial charge in [0.15, 0.2) is 0 Å². The predicted octanol–water partition coefficient (Wildman–Crippen LogP) is 2.49. The lowest BCUT2D eigenvalue weighted by atomic mass is 10.0. The molecule has 2 aromatic carbocycles. The van der Waals surface area contributed by atoms with E-state index in [1.165, 1.54) is 6.92 Å². The molecule has 0 radical (unpaired) electrons. The van der Waals surface area contributed by atoms with E-state index < -0.39 is 47.5 Å². The van der Waals surface area contributed by atoms with Crippen molar-refractivity contribution in [3.05, 3.63) is 102 Å². The molecule has 0 saturated heterocycles. The van der Waals surface area contributed by atoms with Gasteiger partial charge in [-0.05, 0) is 48.7 Å². The lowest BCUT2D eigenvalue weighted by Crippen LogP contribution is -2.56. The summed E-state index contributed by atoms with van der Waals surface area (Å²) >= 11 is 0. The molecule has 0 aliphatic heterocycles. The van der Waals surface area contributed by atoms with E-state index in [0.717, 1.165) is 17.5 Å². The molecule has 3 rings (SSSR count). The van der Waals surface area contributed by atoms with Crippen molar-refractivity contribution in [2.45, 2.75) is 64.2 Å². The molecular formula is C32H37N5O5. The highest BCUT2D eigenvalue weighted by molar-refractivity contribution is 6.38. The zero-order valence-electron chi connectivity index (χ0n) is 23.8. The number of hydrogen-bond donors (Lipinski definition) is 4. The second-order valence-corrected chi connectivity index (χ2v) is 9.92. The van der Waals surface area contributed by atoms with Crippen molar-refractivity contribution in [3.63, 3.8) is 0 Å². The Labute approximate surface area is 245 Å². The van der Waals surface area contributed by atoms with Gasteiger partial charge in [0.05, 0.1) is 6.04 Å². The summed E-state index contributed by atoms with van der Waals surface area (Å²) in [6, 6.07) is 18.1. The van der Waals surface area contributed by atoms with Crippen molar-refractivity contribution in [1.82, 2.24) is 26.3 Å². The first-order valence-electron chi connectivity index (χ1n) is 14.0. The number of hydrogen-bond acceptors (Lipinski definition) is 6. The Morgan fingerprint density at radius 3 is 2.02 bits per heavy atom. The predicted molar refractivity (Wildman–Crippen MR) is 158 cm³/mol. The number of amides is 4. The average Bonchev–Trinajstić information content (AvgIpc) is 3.02. The first-order valence-corrected chi connectivity index (χ1v) is 14.0. The van der Waals surface area contributed by atoms with Crippen LogP contribution in [0, 0.1) is 0 Å². The van der Waals surface area contributed by atoms with E-state index in [1.54, 1.807) is 54.9 Å². The highest BCUT2D eigenvalue weighted by Crippen LogP contribution is 2.08. The molecule has 0 aliphatic carbocycles. The quantitative estimate of drug-likeness (QED) is 0.206. The summed E-state index contributed by atoms with van der Waals surface area (Å²) in [6.07, 6.45) is 5.01. The molecule has 10 nitrogen and oxygen atoms in total. The van der Waals surface area contributed by atoms with Gasteiger partial charge in [-0.25, -0.2) is 0 Å².